The van der Waals surface area contributed by atoms with Crippen molar-refractivity contribution in [3.63, 3.8) is 0 Å². The van der Waals surface area contributed by atoms with Gasteiger partial charge in [-0.1, -0.05) is 66.0 Å². The number of imidazole rings is 1. The predicted octanol–water partition coefficient (Wildman–Crippen LogP) is 7.87. The van der Waals surface area contributed by atoms with Crippen LogP contribution in [0.2, 0.25) is 0 Å². The lowest BCUT2D eigenvalue weighted by Gasteiger charge is -2.58. The topological polar surface area (TPSA) is 81.0 Å². The first-order valence-electron chi connectivity index (χ1n) is 16.7. The number of aromatic nitrogens is 2. The van der Waals surface area contributed by atoms with Gasteiger partial charge in [0.1, 0.15) is 12.1 Å². The second-order valence-electron chi connectivity index (χ2n) is 15.1. The van der Waals surface area contributed by atoms with Crippen molar-refractivity contribution < 1.29 is 9.53 Å². The minimum Gasteiger partial charge on any atom is -0.461 e. The maximum Gasteiger partial charge on any atom is 0.323 e. The van der Waals surface area contributed by atoms with Crippen LogP contribution in [0.4, 0.5) is 0 Å². The summed E-state index contributed by atoms with van der Waals surface area (Å²) in [5.74, 6) is 5.62. The van der Waals surface area contributed by atoms with Gasteiger partial charge in [-0.15, -0.1) is 0 Å². The maximum absolute atomic E-state index is 12.8. The van der Waals surface area contributed by atoms with E-state index in [1.807, 2.05) is 0 Å². The van der Waals surface area contributed by atoms with E-state index >= 15 is 0 Å². The summed E-state index contributed by atoms with van der Waals surface area (Å²) in [6.45, 7) is 15.0. The number of rotatable bonds is 10. The first kappa shape index (κ1) is 29.9. The van der Waals surface area contributed by atoms with Gasteiger partial charge in [-0.25, -0.2) is 4.98 Å². The number of hydrogen-bond donors (Lipinski definition) is 2. The lowest BCUT2D eigenvalue weighted by molar-refractivity contribution is -0.153. The van der Waals surface area contributed by atoms with Crippen LogP contribution < -0.4 is 5.73 Å². The lowest BCUT2D eigenvalue weighted by atomic mass is 9.47. The normalized spacial score (nSPS) is 37.6. The Balaban J connectivity index is 1.21. The molecule has 3 N–H and O–H groups in total. The number of esters is 1. The molecule has 5 nitrogen and oxygen atoms in total. The lowest BCUT2D eigenvalue weighted by Crippen LogP contribution is -2.51. The largest absolute Gasteiger partial charge is 0.461 e. The molecule has 0 spiro atoms. The second-order valence-corrected chi connectivity index (χ2v) is 15.1. The van der Waals surface area contributed by atoms with Crippen LogP contribution in [0.15, 0.2) is 24.2 Å². The third kappa shape index (κ3) is 5.57. The van der Waals surface area contributed by atoms with Crippen molar-refractivity contribution in [2.45, 2.75) is 131 Å². The molecule has 0 aliphatic heterocycles. The van der Waals surface area contributed by atoms with Gasteiger partial charge < -0.3 is 15.5 Å². The zero-order valence-electron chi connectivity index (χ0n) is 26.3. The Morgan fingerprint density at radius 3 is 2.62 bits per heavy atom. The molecule has 0 radical (unpaired) electrons. The molecule has 5 rings (SSSR count). The molecule has 40 heavy (non-hydrogen) atoms. The van der Waals surface area contributed by atoms with Gasteiger partial charge in [-0.3, -0.25) is 4.79 Å². The van der Waals surface area contributed by atoms with Crippen molar-refractivity contribution in [1.82, 2.24) is 9.97 Å². The molecule has 10 atom stereocenters. The van der Waals surface area contributed by atoms with Crippen LogP contribution in [0.1, 0.15) is 118 Å². The summed E-state index contributed by atoms with van der Waals surface area (Å²) in [6.07, 6.45) is 20.3. The van der Waals surface area contributed by atoms with Crippen molar-refractivity contribution in [2.75, 3.05) is 0 Å². The second kappa shape index (κ2) is 11.9. The molecule has 3 saturated carbocycles. The third-order valence-corrected chi connectivity index (χ3v) is 12.9. The molecule has 224 valence electrons. The average Bonchev–Trinajstić information content (AvgIpc) is 3.56. The van der Waals surface area contributed by atoms with E-state index in [1.54, 1.807) is 18.1 Å². The van der Waals surface area contributed by atoms with Gasteiger partial charge in [0.2, 0.25) is 0 Å². The fraction of sp³-hybridized carbons (Fsp3) is 0.829. The van der Waals surface area contributed by atoms with E-state index in [4.69, 9.17) is 10.5 Å². The number of ether oxygens (including phenoxy) is 1. The van der Waals surface area contributed by atoms with Gasteiger partial charge in [-0.05, 0) is 104 Å². The van der Waals surface area contributed by atoms with Crippen molar-refractivity contribution in [3.8, 4) is 0 Å². The molecule has 4 aliphatic carbocycles. The van der Waals surface area contributed by atoms with Crippen LogP contribution in [0, 0.1) is 52.3 Å². The Morgan fingerprint density at radius 1 is 1.12 bits per heavy atom. The number of carbonyl (C=O) groups excluding carboxylic acids is 1. The molecule has 3 fully saturated rings. The smallest absolute Gasteiger partial charge is 0.323 e. The SMILES string of the molecule is CC[C@H](CC[C@@H](C)[C@H]1CC[C@H]2[C@@H]3CC=C4C[C@@H](OC(=O)C(N)Cc5cnc[nH]5)CC[C@]4(C)[C@H]3CC[C@]12C)C(C)C. The standard InChI is InChI=1S/C35H57N3O2/c1-7-24(22(2)3)9-8-23(4)29-12-13-30-28-11-10-25-18-27(40-33(39)32(36)19-26-20-37-21-38-26)14-16-34(25,5)31(28)15-17-35(29,30)6/h10,20-24,27-32H,7-9,11-19,36H2,1-6H3,(H,37,38)/t23-,24-,27+,28+,29-,30+,31+,32?,34+,35-/m1/s1. The first-order valence-corrected chi connectivity index (χ1v) is 16.7. The summed E-state index contributed by atoms with van der Waals surface area (Å²) in [5.41, 5.74) is 9.39. The highest BCUT2D eigenvalue weighted by Gasteiger charge is 2.59. The van der Waals surface area contributed by atoms with E-state index < -0.39 is 6.04 Å². The highest BCUT2D eigenvalue weighted by molar-refractivity contribution is 5.76. The Labute approximate surface area is 243 Å². The van der Waals surface area contributed by atoms with Gasteiger partial charge in [0, 0.05) is 24.7 Å². The predicted molar refractivity (Wildman–Crippen MR) is 162 cm³/mol. The Kier molecular flexibility index (Phi) is 8.91. The van der Waals surface area contributed by atoms with Crippen LogP contribution in [0.3, 0.4) is 0 Å². The Hall–Kier alpha value is -1.62. The molecule has 1 aromatic rings. The number of carbonyl (C=O) groups is 1. The number of H-pyrrole nitrogens is 1. The van der Waals surface area contributed by atoms with Crippen LogP contribution in [0.25, 0.3) is 0 Å². The maximum atomic E-state index is 12.8. The van der Waals surface area contributed by atoms with Gasteiger partial charge >= 0.3 is 5.97 Å². The molecule has 4 aliphatic rings. The highest BCUT2D eigenvalue weighted by atomic mass is 16.5. The number of nitrogens with one attached hydrogen (secondary N) is 1. The summed E-state index contributed by atoms with van der Waals surface area (Å²) in [5, 5.41) is 0. The summed E-state index contributed by atoms with van der Waals surface area (Å²) < 4.78 is 5.98. The summed E-state index contributed by atoms with van der Waals surface area (Å²) >= 11 is 0. The molecule has 0 amide bonds. The molecule has 1 unspecified atom stereocenters. The minimum atomic E-state index is -0.648. The molecule has 5 heteroatoms. The molecule has 1 heterocycles. The number of aromatic amines is 1. The van der Waals surface area contributed by atoms with E-state index in [-0.39, 0.29) is 17.5 Å². The van der Waals surface area contributed by atoms with Gasteiger partial charge in [0.15, 0.2) is 0 Å². The molecular weight excluding hydrogens is 494 g/mol. The number of allylic oxidation sites excluding steroid dienone is 1. The van der Waals surface area contributed by atoms with Gasteiger partial charge in [0.05, 0.1) is 6.33 Å². The number of nitrogens with two attached hydrogens (primary N) is 1. The van der Waals surface area contributed by atoms with Gasteiger partial charge in [0.25, 0.3) is 0 Å². The zero-order chi connectivity index (χ0) is 28.7. The molecule has 1 aromatic heterocycles. The molecule has 0 saturated heterocycles. The molecular formula is C35H57N3O2. The van der Waals surface area contributed by atoms with Crippen molar-refractivity contribution in [3.05, 3.63) is 29.9 Å². The number of nitrogens with zero attached hydrogens (tertiary/aromatic N) is 1. The quantitative estimate of drug-likeness (QED) is 0.229. The van der Waals surface area contributed by atoms with Crippen LogP contribution >= 0.6 is 0 Å². The zero-order valence-corrected chi connectivity index (χ0v) is 26.3. The monoisotopic (exact) mass is 551 g/mol. The molecule has 0 aromatic carbocycles. The average molecular weight is 552 g/mol. The van der Waals surface area contributed by atoms with E-state index in [9.17, 15) is 4.79 Å². The summed E-state index contributed by atoms with van der Waals surface area (Å²) in [7, 11) is 0. The van der Waals surface area contributed by atoms with Crippen molar-refractivity contribution >= 4 is 5.97 Å². The fourth-order valence-electron chi connectivity index (χ4n) is 10.4. The summed E-state index contributed by atoms with van der Waals surface area (Å²) in [4.78, 5) is 19.8. The van der Waals surface area contributed by atoms with E-state index in [1.165, 1.54) is 51.4 Å². The number of fused-ring (bicyclic) bond motifs is 5. The highest BCUT2D eigenvalue weighted by Crippen LogP contribution is 2.67. The van der Waals surface area contributed by atoms with Gasteiger partial charge in [-0.2, -0.15) is 0 Å². The van der Waals surface area contributed by atoms with E-state index in [0.29, 0.717) is 11.8 Å². The summed E-state index contributed by atoms with van der Waals surface area (Å²) in [6, 6.07) is -0.648. The van der Waals surface area contributed by atoms with Crippen LogP contribution in [0.5, 0.6) is 0 Å². The van der Waals surface area contributed by atoms with E-state index in [0.717, 1.165) is 66.4 Å². The van der Waals surface area contributed by atoms with Crippen molar-refractivity contribution in [2.24, 2.45) is 58.0 Å². The van der Waals surface area contributed by atoms with Crippen LogP contribution in [-0.2, 0) is 16.0 Å². The molecule has 0 bridgehead atoms. The Morgan fingerprint density at radius 2 is 1.93 bits per heavy atom. The first-order chi connectivity index (χ1) is 19.1. The minimum absolute atomic E-state index is 0.0421. The third-order valence-electron chi connectivity index (χ3n) is 12.9. The fourth-order valence-corrected chi connectivity index (χ4v) is 10.4. The Bertz CT molecular complexity index is 1030. The number of hydrogen-bond acceptors (Lipinski definition) is 4. The van der Waals surface area contributed by atoms with E-state index in [2.05, 4.69) is 57.6 Å². The van der Waals surface area contributed by atoms with Crippen molar-refractivity contribution in [1.29, 1.82) is 0 Å². The van der Waals surface area contributed by atoms with Crippen LogP contribution in [-0.4, -0.2) is 28.1 Å².